The molecule has 0 unspecified atom stereocenters. The van der Waals surface area contributed by atoms with E-state index in [1.165, 1.54) is 24.3 Å². The minimum absolute atomic E-state index is 0.0258. The molecule has 8 nitrogen and oxygen atoms in total. The summed E-state index contributed by atoms with van der Waals surface area (Å²) in [5.41, 5.74) is 1.75. The maximum atomic E-state index is 12.0. The van der Waals surface area contributed by atoms with E-state index >= 15 is 0 Å². The van der Waals surface area contributed by atoms with Crippen LogP contribution in [0.25, 0.3) is 0 Å². The van der Waals surface area contributed by atoms with E-state index in [9.17, 15) is 14.9 Å². The van der Waals surface area contributed by atoms with Gasteiger partial charge in [-0.2, -0.15) is 0 Å². The summed E-state index contributed by atoms with van der Waals surface area (Å²) >= 11 is 0. The number of carbonyl (C=O) groups excluding carboxylic acids is 1. The number of benzene rings is 2. The second kappa shape index (κ2) is 8.30. The van der Waals surface area contributed by atoms with Crippen molar-refractivity contribution in [3.8, 4) is 5.75 Å². The lowest BCUT2D eigenvalue weighted by Gasteiger charge is -2.28. The number of nitrogens with one attached hydrogen (secondary N) is 1. The van der Waals surface area contributed by atoms with Gasteiger partial charge in [0, 0.05) is 36.6 Å². The molecule has 2 aromatic rings. The molecule has 1 heterocycles. The first kappa shape index (κ1) is 17.7. The van der Waals surface area contributed by atoms with Gasteiger partial charge >= 0.3 is 0 Å². The molecular formula is C18H19N3O5. The molecule has 0 bridgehead atoms. The Morgan fingerprint density at radius 1 is 1.12 bits per heavy atom. The topological polar surface area (TPSA) is 93.9 Å². The van der Waals surface area contributed by atoms with Crippen LogP contribution in [-0.4, -0.2) is 43.7 Å². The lowest BCUT2D eigenvalue weighted by Crippen LogP contribution is -2.36. The zero-order chi connectivity index (χ0) is 18.4. The standard InChI is InChI=1S/C18H19N3O5/c22-18(13-26-17-7-5-16(6-8-17)21(23)24)19-14-1-3-15(4-2-14)20-9-11-25-12-10-20/h1-8H,9-13H2,(H,19,22). The van der Waals surface area contributed by atoms with Gasteiger partial charge in [0.25, 0.3) is 11.6 Å². The van der Waals surface area contributed by atoms with Crippen LogP contribution >= 0.6 is 0 Å². The molecule has 0 atom stereocenters. The average Bonchev–Trinajstić information content (AvgIpc) is 2.68. The van der Waals surface area contributed by atoms with Crippen molar-refractivity contribution in [2.75, 3.05) is 43.1 Å². The first-order chi connectivity index (χ1) is 12.6. The fourth-order valence-corrected chi connectivity index (χ4v) is 2.59. The summed E-state index contributed by atoms with van der Waals surface area (Å²) in [6, 6.07) is 13.2. The molecule has 0 radical (unpaired) electrons. The molecule has 1 aliphatic heterocycles. The minimum atomic E-state index is -0.489. The highest BCUT2D eigenvalue weighted by molar-refractivity contribution is 5.92. The minimum Gasteiger partial charge on any atom is -0.484 e. The molecule has 3 rings (SSSR count). The Kier molecular flexibility index (Phi) is 5.65. The number of morpholine rings is 1. The number of hydrogen-bond donors (Lipinski definition) is 1. The van der Waals surface area contributed by atoms with Crippen molar-refractivity contribution in [2.45, 2.75) is 0 Å². The van der Waals surface area contributed by atoms with Gasteiger partial charge in [-0.15, -0.1) is 0 Å². The van der Waals surface area contributed by atoms with E-state index in [-0.39, 0.29) is 18.2 Å². The molecule has 1 fully saturated rings. The lowest BCUT2D eigenvalue weighted by molar-refractivity contribution is -0.384. The van der Waals surface area contributed by atoms with E-state index in [0.717, 1.165) is 32.0 Å². The monoisotopic (exact) mass is 357 g/mol. The van der Waals surface area contributed by atoms with Gasteiger partial charge in [-0.1, -0.05) is 0 Å². The third kappa shape index (κ3) is 4.70. The van der Waals surface area contributed by atoms with Gasteiger partial charge in [0.1, 0.15) is 5.75 Å². The van der Waals surface area contributed by atoms with Crippen molar-refractivity contribution in [1.29, 1.82) is 0 Å². The molecule has 8 heteroatoms. The maximum absolute atomic E-state index is 12.0. The van der Waals surface area contributed by atoms with E-state index < -0.39 is 4.92 Å². The molecule has 0 saturated carbocycles. The summed E-state index contributed by atoms with van der Waals surface area (Å²) in [5, 5.41) is 13.4. The van der Waals surface area contributed by atoms with Crippen LogP contribution in [0.5, 0.6) is 5.75 Å². The fraction of sp³-hybridized carbons (Fsp3) is 0.278. The zero-order valence-electron chi connectivity index (χ0n) is 14.1. The highest BCUT2D eigenvalue weighted by atomic mass is 16.6. The third-order valence-corrected chi connectivity index (χ3v) is 3.94. The molecule has 1 aliphatic rings. The van der Waals surface area contributed by atoms with Crippen LogP contribution in [-0.2, 0) is 9.53 Å². The van der Waals surface area contributed by atoms with Crippen LogP contribution in [0.2, 0.25) is 0 Å². The Labute approximate surface area is 150 Å². The number of hydrogen-bond acceptors (Lipinski definition) is 6. The summed E-state index contributed by atoms with van der Waals surface area (Å²) in [6.45, 7) is 2.98. The zero-order valence-corrected chi connectivity index (χ0v) is 14.1. The summed E-state index contributed by atoms with van der Waals surface area (Å²) in [7, 11) is 0. The van der Waals surface area contributed by atoms with Gasteiger partial charge in [-0.05, 0) is 36.4 Å². The molecular weight excluding hydrogens is 338 g/mol. The van der Waals surface area contributed by atoms with Crippen molar-refractivity contribution in [3.05, 3.63) is 58.6 Å². The fourth-order valence-electron chi connectivity index (χ4n) is 2.59. The quantitative estimate of drug-likeness (QED) is 0.630. The highest BCUT2D eigenvalue weighted by Crippen LogP contribution is 2.20. The number of non-ortho nitro benzene ring substituents is 1. The Bertz CT molecular complexity index is 755. The van der Waals surface area contributed by atoms with Crippen LogP contribution in [0.3, 0.4) is 0 Å². The number of carbonyl (C=O) groups is 1. The van der Waals surface area contributed by atoms with Crippen molar-refractivity contribution in [3.63, 3.8) is 0 Å². The number of amides is 1. The molecule has 136 valence electrons. The number of ether oxygens (including phenoxy) is 2. The van der Waals surface area contributed by atoms with Gasteiger partial charge in [0.05, 0.1) is 18.1 Å². The van der Waals surface area contributed by atoms with Crippen molar-refractivity contribution in [2.24, 2.45) is 0 Å². The molecule has 0 aromatic heterocycles. The Morgan fingerprint density at radius 3 is 2.38 bits per heavy atom. The molecule has 0 aliphatic carbocycles. The van der Waals surface area contributed by atoms with E-state index in [1.54, 1.807) is 0 Å². The van der Waals surface area contributed by atoms with Crippen LogP contribution < -0.4 is 15.0 Å². The molecule has 1 saturated heterocycles. The van der Waals surface area contributed by atoms with Gasteiger partial charge in [-0.3, -0.25) is 14.9 Å². The van der Waals surface area contributed by atoms with Gasteiger partial charge in [0.2, 0.25) is 0 Å². The first-order valence-corrected chi connectivity index (χ1v) is 8.22. The number of nitro benzene ring substituents is 1. The molecule has 2 aromatic carbocycles. The SMILES string of the molecule is O=C(COc1ccc([N+](=O)[O-])cc1)Nc1ccc(N2CCOCC2)cc1. The van der Waals surface area contributed by atoms with Gasteiger partial charge < -0.3 is 19.7 Å². The summed E-state index contributed by atoms with van der Waals surface area (Å²) < 4.78 is 10.7. The van der Waals surface area contributed by atoms with Gasteiger partial charge in [-0.25, -0.2) is 0 Å². The van der Waals surface area contributed by atoms with Crippen molar-refractivity contribution in [1.82, 2.24) is 0 Å². The summed E-state index contributed by atoms with van der Waals surface area (Å²) in [6.07, 6.45) is 0. The van der Waals surface area contributed by atoms with Crippen molar-refractivity contribution >= 4 is 23.0 Å². The van der Waals surface area contributed by atoms with Crippen LogP contribution in [0.15, 0.2) is 48.5 Å². The molecule has 1 N–H and O–H groups in total. The second-order valence-corrected chi connectivity index (χ2v) is 5.73. The normalized spacial score (nSPS) is 13.9. The second-order valence-electron chi connectivity index (χ2n) is 5.73. The average molecular weight is 357 g/mol. The molecule has 26 heavy (non-hydrogen) atoms. The van der Waals surface area contributed by atoms with E-state index in [4.69, 9.17) is 9.47 Å². The van der Waals surface area contributed by atoms with E-state index in [1.807, 2.05) is 24.3 Å². The smallest absolute Gasteiger partial charge is 0.269 e. The number of nitro groups is 1. The number of nitrogens with zero attached hydrogens (tertiary/aromatic N) is 2. The Hall–Kier alpha value is -3.13. The van der Waals surface area contributed by atoms with Crippen LogP contribution in [0, 0.1) is 10.1 Å². The summed E-state index contributed by atoms with van der Waals surface area (Å²) in [4.78, 5) is 24.3. The predicted molar refractivity (Wildman–Crippen MR) is 96.7 cm³/mol. The van der Waals surface area contributed by atoms with E-state index in [2.05, 4.69) is 10.2 Å². The molecule has 1 amide bonds. The first-order valence-electron chi connectivity index (χ1n) is 8.22. The van der Waals surface area contributed by atoms with Gasteiger partial charge in [0.15, 0.2) is 6.61 Å². The highest BCUT2D eigenvalue weighted by Gasteiger charge is 2.11. The van der Waals surface area contributed by atoms with Crippen LogP contribution in [0.1, 0.15) is 0 Å². The maximum Gasteiger partial charge on any atom is 0.269 e. The third-order valence-electron chi connectivity index (χ3n) is 3.94. The largest absolute Gasteiger partial charge is 0.484 e. The predicted octanol–water partition coefficient (Wildman–Crippen LogP) is 2.45. The molecule has 0 spiro atoms. The van der Waals surface area contributed by atoms with Crippen molar-refractivity contribution < 1.29 is 19.2 Å². The lowest BCUT2D eigenvalue weighted by atomic mass is 10.2. The van der Waals surface area contributed by atoms with E-state index in [0.29, 0.717) is 11.4 Å². The van der Waals surface area contributed by atoms with Crippen LogP contribution in [0.4, 0.5) is 17.1 Å². The Morgan fingerprint density at radius 2 is 1.77 bits per heavy atom. The summed E-state index contributed by atoms with van der Waals surface area (Å²) in [5.74, 6) is 0.0934. The number of rotatable bonds is 6. The Balaban J connectivity index is 1.49. The number of anilines is 2.